The standard InChI is InChI=1S/C23H30N4O2/c1-18-6-4-7-19(14-18)16-26-10-12-27(13-11-26)17-22(28)24-21-9-5-8-20(15-21)23(29)25(2)3/h4-9,14-15H,10-13,16-17H2,1-3H3,(H,24,28). The van der Waals surface area contributed by atoms with Gasteiger partial charge in [0.1, 0.15) is 0 Å². The van der Waals surface area contributed by atoms with Crippen LogP contribution in [0, 0.1) is 6.92 Å². The first-order valence-corrected chi connectivity index (χ1v) is 10.0. The number of carbonyl (C=O) groups is 2. The zero-order valence-corrected chi connectivity index (χ0v) is 17.5. The van der Waals surface area contributed by atoms with Crippen LogP contribution in [0.2, 0.25) is 0 Å². The van der Waals surface area contributed by atoms with Crippen LogP contribution in [0.5, 0.6) is 0 Å². The molecule has 1 heterocycles. The summed E-state index contributed by atoms with van der Waals surface area (Å²) >= 11 is 0. The molecule has 0 aromatic heterocycles. The van der Waals surface area contributed by atoms with Crippen molar-refractivity contribution in [3.05, 3.63) is 65.2 Å². The predicted molar refractivity (Wildman–Crippen MR) is 116 cm³/mol. The maximum atomic E-state index is 12.4. The molecule has 1 N–H and O–H groups in total. The van der Waals surface area contributed by atoms with Crippen molar-refractivity contribution >= 4 is 17.5 Å². The van der Waals surface area contributed by atoms with Gasteiger partial charge < -0.3 is 10.2 Å². The number of nitrogens with one attached hydrogen (secondary N) is 1. The summed E-state index contributed by atoms with van der Waals surface area (Å²) < 4.78 is 0. The molecule has 0 unspecified atom stereocenters. The van der Waals surface area contributed by atoms with E-state index in [1.807, 2.05) is 6.07 Å². The second kappa shape index (κ2) is 9.67. The van der Waals surface area contributed by atoms with Crippen LogP contribution in [-0.2, 0) is 11.3 Å². The van der Waals surface area contributed by atoms with Gasteiger partial charge in [-0.25, -0.2) is 0 Å². The lowest BCUT2D eigenvalue weighted by Gasteiger charge is -2.34. The molecule has 6 heteroatoms. The van der Waals surface area contributed by atoms with Gasteiger partial charge in [0, 0.05) is 58.1 Å². The summed E-state index contributed by atoms with van der Waals surface area (Å²) in [6.07, 6.45) is 0. The maximum Gasteiger partial charge on any atom is 0.253 e. The van der Waals surface area contributed by atoms with E-state index in [4.69, 9.17) is 0 Å². The van der Waals surface area contributed by atoms with E-state index in [2.05, 4.69) is 46.3 Å². The second-order valence-electron chi connectivity index (χ2n) is 7.87. The number of piperazine rings is 1. The fraction of sp³-hybridized carbons (Fsp3) is 0.391. The highest BCUT2D eigenvalue weighted by Gasteiger charge is 2.19. The molecule has 1 aliphatic rings. The Kier molecular flexibility index (Phi) is 7.01. The molecule has 29 heavy (non-hydrogen) atoms. The molecule has 154 valence electrons. The van der Waals surface area contributed by atoms with Gasteiger partial charge in [-0.1, -0.05) is 35.9 Å². The van der Waals surface area contributed by atoms with Gasteiger partial charge in [0.05, 0.1) is 6.54 Å². The Morgan fingerprint density at radius 2 is 1.66 bits per heavy atom. The number of nitrogens with zero attached hydrogens (tertiary/aromatic N) is 3. The minimum absolute atomic E-state index is 0.0495. The molecular weight excluding hydrogens is 364 g/mol. The lowest BCUT2D eigenvalue weighted by Crippen LogP contribution is -2.48. The molecule has 0 radical (unpaired) electrons. The first-order valence-electron chi connectivity index (χ1n) is 10.0. The number of hydrogen-bond donors (Lipinski definition) is 1. The summed E-state index contributed by atoms with van der Waals surface area (Å²) in [6.45, 7) is 7.09. The third-order valence-electron chi connectivity index (χ3n) is 5.12. The third kappa shape index (κ3) is 6.14. The number of carbonyl (C=O) groups excluding carboxylic acids is 2. The van der Waals surface area contributed by atoms with Crippen LogP contribution in [0.4, 0.5) is 5.69 Å². The SMILES string of the molecule is Cc1cccc(CN2CCN(CC(=O)Nc3cccc(C(=O)N(C)C)c3)CC2)c1. The first-order chi connectivity index (χ1) is 13.9. The van der Waals surface area contributed by atoms with Gasteiger partial charge in [-0.15, -0.1) is 0 Å². The topological polar surface area (TPSA) is 55.9 Å². The van der Waals surface area contributed by atoms with Crippen LogP contribution >= 0.6 is 0 Å². The molecule has 1 aliphatic heterocycles. The molecule has 2 aromatic rings. The van der Waals surface area contributed by atoms with Crippen LogP contribution in [0.1, 0.15) is 21.5 Å². The van der Waals surface area contributed by atoms with Gasteiger partial charge in [0.15, 0.2) is 0 Å². The summed E-state index contributed by atoms with van der Waals surface area (Å²) in [6, 6.07) is 15.7. The fourth-order valence-electron chi connectivity index (χ4n) is 3.57. The van der Waals surface area contributed by atoms with Crippen molar-refractivity contribution < 1.29 is 9.59 Å². The van der Waals surface area contributed by atoms with Gasteiger partial charge >= 0.3 is 0 Å². The first kappa shape index (κ1) is 21.0. The van der Waals surface area contributed by atoms with Gasteiger partial charge in [-0.3, -0.25) is 19.4 Å². The molecule has 3 rings (SSSR count). The summed E-state index contributed by atoms with van der Waals surface area (Å²) in [5.74, 6) is -0.127. The lowest BCUT2D eigenvalue weighted by atomic mass is 10.1. The minimum Gasteiger partial charge on any atom is -0.345 e. The quantitative estimate of drug-likeness (QED) is 0.818. The molecule has 0 bridgehead atoms. The summed E-state index contributed by atoms with van der Waals surface area (Å²) in [5.41, 5.74) is 3.84. The van der Waals surface area contributed by atoms with Crippen LogP contribution in [0.3, 0.4) is 0 Å². The third-order valence-corrected chi connectivity index (χ3v) is 5.12. The molecule has 2 amide bonds. The maximum absolute atomic E-state index is 12.4. The van der Waals surface area contributed by atoms with Crippen molar-refractivity contribution in [1.82, 2.24) is 14.7 Å². The van der Waals surface area contributed by atoms with E-state index < -0.39 is 0 Å². The Balaban J connectivity index is 1.46. The van der Waals surface area contributed by atoms with Crippen LogP contribution < -0.4 is 5.32 Å². The average Bonchev–Trinajstić information content (AvgIpc) is 2.69. The molecule has 0 saturated carbocycles. The van der Waals surface area contributed by atoms with Crippen molar-refractivity contribution in [3.63, 3.8) is 0 Å². The van der Waals surface area contributed by atoms with Gasteiger partial charge in [-0.2, -0.15) is 0 Å². The Hall–Kier alpha value is -2.70. The molecule has 0 spiro atoms. The number of rotatable bonds is 6. The van der Waals surface area contributed by atoms with E-state index in [1.165, 1.54) is 16.0 Å². The summed E-state index contributed by atoms with van der Waals surface area (Å²) in [7, 11) is 3.43. The molecule has 1 saturated heterocycles. The highest BCUT2D eigenvalue weighted by Crippen LogP contribution is 2.13. The largest absolute Gasteiger partial charge is 0.345 e. The molecule has 2 aromatic carbocycles. The zero-order chi connectivity index (χ0) is 20.8. The number of aryl methyl sites for hydroxylation is 1. The van der Waals surface area contributed by atoms with Crippen LogP contribution in [0.25, 0.3) is 0 Å². The van der Waals surface area contributed by atoms with Crippen LogP contribution in [0.15, 0.2) is 48.5 Å². The number of hydrogen-bond acceptors (Lipinski definition) is 4. The Bertz CT molecular complexity index is 857. The molecule has 1 fully saturated rings. The van der Waals surface area contributed by atoms with Gasteiger partial charge in [-0.05, 0) is 30.7 Å². The Morgan fingerprint density at radius 1 is 0.966 bits per heavy atom. The van der Waals surface area contributed by atoms with Gasteiger partial charge in [0.25, 0.3) is 5.91 Å². The van der Waals surface area contributed by atoms with Gasteiger partial charge in [0.2, 0.25) is 5.91 Å². The summed E-state index contributed by atoms with van der Waals surface area (Å²) in [4.78, 5) is 30.7. The van der Waals surface area contributed by atoms with E-state index in [-0.39, 0.29) is 11.8 Å². The minimum atomic E-state index is -0.0779. The fourth-order valence-corrected chi connectivity index (χ4v) is 3.57. The molecule has 0 atom stereocenters. The number of amides is 2. The monoisotopic (exact) mass is 394 g/mol. The molecular formula is C23H30N4O2. The van der Waals surface area contributed by atoms with E-state index in [0.29, 0.717) is 17.8 Å². The molecule has 0 aliphatic carbocycles. The van der Waals surface area contributed by atoms with Crippen molar-refractivity contribution in [3.8, 4) is 0 Å². The Labute approximate surface area is 173 Å². The normalized spacial score (nSPS) is 15.1. The summed E-state index contributed by atoms with van der Waals surface area (Å²) in [5, 5.41) is 2.92. The average molecular weight is 395 g/mol. The molecule has 6 nitrogen and oxygen atoms in total. The smallest absolute Gasteiger partial charge is 0.253 e. The van der Waals surface area contributed by atoms with E-state index >= 15 is 0 Å². The van der Waals surface area contributed by atoms with Crippen LogP contribution in [-0.4, -0.2) is 73.3 Å². The highest BCUT2D eigenvalue weighted by molar-refractivity contribution is 5.97. The number of anilines is 1. The van der Waals surface area contributed by atoms with E-state index in [9.17, 15) is 9.59 Å². The van der Waals surface area contributed by atoms with Crippen molar-refractivity contribution in [1.29, 1.82) is 0 Å². The van der Waals surface area contributed by atoms with Crippen molar-refractivity contribution in [2.75, 3.05) is 52.1 Å². The van der Waals surface area contributed by atoms with Crippen molar-refractivity contribution in [2.24, 2.45) is 0 Å². The Morgan fingerprint density at radius 3 is 2.34 bits per heavy atom. The van der Waals surface area contributed by atoms with E-state index in [1.54, 1.807) is 32.3 Å². The zero-order valence-electron chi connectivity index (χ0n) is 17.5. The predicted octanol–water partition coefficient (Wildman–Crippen LogP) is 2.45. The van der Waals surface area contributed by atoms with Crippen molar-refractivity contribution in [2.45, 2.75) is 13.5 Å². The number of benzene rings is 2. The van der Waals surface area contributed by atoms with E-state index in [0.717, 1.165) is 32.7 Å². The highest BCUT2D eigenvalue weighted by atomic mass is 16.2. The second-order valence-corrected chi connectivity index (χ2v) is 7.87. The lowest BCUT2D eigenvalue weighted by molar-refractivity contribution is -0.117.